The average molecular weight is 347 g/mol. The smallest absolute Gasteiger partial charge is 0.265 e. The lowest BCUT2D eigenvalue weighted by Crippen LogP contribution is -2.14. The van der Waals surface area contributed by atoms with Crippen molar-refractivity contribution >= 4 is 26.7 Å². The molecule has 0 radical (unpaired) electrons. The second-order valence-electron chi connectivity index (χ2n) is 5.18. The molecule has 0 aliphatic carbocycles. The third-order valence-electron chi connectivity index (χ3n) is 3.64. The molecule has 0 amide bonds. The number of ether oxygens (including phenoxy) is 2. The minimum atomic E-state index is -3.84. The number of methoxy groups -OCH3 is 2. The van der Waals surface area contributed by atoms with Crippen LogP contribution in [-0.2, 0) is 17.1 Å². The van der Waals surface area contributed by atoms with Gasteiger partial charge in [0, 0.05) is 13.1 Å². The van der Waals surface area contributed by atoms with Crippen LogP contribution in [0.1, 0.15) is 0 Å². The van der Waals surface area contributed by atoms with E-state index >= 15 is 0 Å². The molecule has 1 N–H and O–H groups in total. The Hall–Kier alpha value is -2.74. The largest absolute Gasteiger partial charge is 0.497 e. The first-order chi connectivity index (χ1) is 11.4. The zero-order chi connectivity index (χ0) is 17.3. The lowest BCUT2D eigenvalue weighted by Gasteiger charge is -2.13. The summed E-state index contributed by atoms with van der Waals surface area (Å²) in [7, 11) is 0.925. The van der Waals surface area contributed by atoms with E-state index in [1.807, 2.05) is 17.7 Å². The van der Waals surface area contributed by atoms with Crippen molar-refractivity contribution in [2.75, 3.05) is 18.9 Å². The van der Waals surface area contributed by atoms with Crippen LogP contribution in [0.2, 0.25) is 0 Å². The van der Waals surface area contributed by atoms with Crippen LogP contribution in [0.4, 0.5) is 5.69 Å². The number of fused-ring (bicyclic) bond motifs is 1. The highest BCUT2D eigenvalue weighted by atomic mass is 32.2. The Kier molecular flexibility index (Phi) is 4.06. The Labute approximate surface area is 139 Å². The molecule has 0 bridgehead atoms. The van der Waals surface area contributed by atoms with E-state index in [4.69, 9.17) is 9.47 Å². The van der Waals surface area contributed by atoms with Gasteiger partial charge in [-0.1, -0.05) is 0 Å². The van der Waals surface area contributed by atoms with Crippen molar-refractivity contribution in [1.82, 2.24) is 9.55 Å². The average Bonchev–Trinajstić information content (AvgIpc) is 2.94. The maximum Gasteiger partial charge on any atom is 0.265 e. The number of anilines is 1. The van der Waals surface area contributed by atoms with Crippen LogP contribution in [0, 0.1) is 0 Å². The molecule has 8 heteroatoms. The minimum absolute atomic E-state index is 0.00506. The number of aryl methyl sites for hydroxylation is 1. The predicted molar refractivity (Wildman–Crippen MR) is 91.1 cm³/mol. The Bertz CT molecular complexity index is 996. The Morgan fingerprint density at radius 2 is 1.88 bits per heavy atom. The lowest BCUT2D eigenvalue weighted by atomic mass is 10.3. The van der Waals surface area contributed by atoms with Gasteiger partial charge in [-0.2, -0.15) is 0 Å². The van der Waals surface area contributed by atoms with Gasteiger partial charge in [-0.25, -0.2) is 13.4 Å². The number of hydrogen-bond donors (Lipinski definition) is 1. The quantitative estimate of drug-likeness (QED) is 0.766. The number of imidazole rings is 1. The van der Waals surface area contributed by atoms with Gasteiger partial charge in [-0.05, 0) is 30.3 Å². The van der Waals surface area contributed by atoms with Gasteiger partial charge in [0.1, 0.15) is 16.4 Å². The van der Waals surface area contributed by atoms with Crippen LogP contribution in [0.15, 0.2) is 47.6 Å². The first-order valence-electron chi connectivity index (χ1n) is 7.10. The first kappa shape index (κ1) is 16.1. The van der Waals surface area contributed by atoms with E-state index in [0.29, 0.717) is 17.0 Å². The summed E-state index contributed by atoms with van der Waals surface area (Å²) in [6.45, 7) is 0. The van der Waals surface area contributed by atoms with Crippen LogP contribution in [0.3, 0.4) is 0 Å². The number of aromatic nitrogens is 2. The number of benzene rings is 2. The summed E-state index contributed by atoms with van der Waals surface area (Å²) in [5, 5.41) is 0. The highest BCUT2D eigenvalue weighted by Crippen LogP contribution is 2.30. The molecular formula is C16H17N3O4S. The summed E-state index contributed by atoms with van der Waals surface area (Å²) >= 11 is 0. The van der Waals surface area contributed by atoms with E-state index in [1.54, 1.807) is 30.6 Å². The second-order valence-corrected chi connectivity index (χ2v) is 6.83. The fraction of sp³-hybridized carbons (Fsp3) is 0.188. The molecule has 0 saturated carbocycles. The topological polar surface area (TPSA) is 82.4 Å². The van der Waals surface area contributed by atoms with Gasteiger partial charge in [-0.15, -0.1) is 0 Å². The number of sulfonamides is 1. The SMILES string of the molecule is COc1ccc(OC)c(S(=O)(=O)Nc2ccc3c(c2)ncn3C)c1. The summed E-state index contributed by atoms with van der Waals surface area (Å²) in [4.78, 5) is 4.23. The Morgan fingerprint density at radius 1 is 1.08 bits per heavy atom. The minimum Gasteiger partial charge on any atom is -0.497 e. The summed E-state index contributed by atoms with van der Waals surface area (Å²) in [5.74, 6) is 0.665. The van der Waals surface area contributed by atoms with Gasteiger partial charge in [0.25, 0.3) is 10.0 Å². The normalized spacial score (nSPS) is 11.5. The number of nitrogens with one attached hydrogen (secondary N) is 1. The zero-order valence-corrected chi connectivity index (χ0v) is 14.3. The van der Waals surface area contributed by atoms with Crippen LogP contribution in [0.25, 0.3) is 11.0 Å². The maximum atomic E-state index is 12.7. The van der Waals surface area contributed by atoms with Crippen LogP contribution in [-0.4, -0.2) is 32.2 Å². The summed E-state index contributed by atoms with van der Waals surface area (Å²) in [6, 6.07) is 9.78. The molecule has 24 heavy (non-hydrogen) atoms. The number of hydrogen-bond acceptors (Lipinski definition) is 5. The molecule has 0 aliphatic rings. The van der Waals surface area contributed by atoms with Crippen molar-refractivity contribution in [2.45, 2.75) is 4.90 Å². The molecule has 0 saturated heterocycles. The molecular weight excluding hydrogens is 330 g/mol. The van der Waals surface area contributed by atoms with Crippen molar-refractivity contribution in [1.29, 1.82) is 0 Å². The number of rotatable bonds is 5. The molecule has 0 unspecified atom stereocenters. The Balaban J connectivity index is 2.00. The first-order valence-corrected chi connectivity index (χ1v) is 8.59. The van der Waals surface area contributed by atoms with Crippen LogP contribution in [0.5, 0.6) is 11.5 Å². The molecule has 1 heterocycles. The molecule has 126 valence electrons. The Morgan fingerprint density at radius 3 is 2.58 bits per heavy atom. The van der Waals surface area contributed by atoms with Crippen molar-refractivity contribution in [2.24, 2.45) is 7.05 Å². The van der Waals surface area contributed by atoms with Crippen LogP contribution >= 0.6 is 0 Å². The van der Waals surface area contributed by atoms with Gasteiger partial charge >= 0.3 is 0 Å². The third kappa shape index (κ3) is 2.88. The van der Waals surface area contributed by atoms with E-state index in [-0.39, 0.29) is 10.6 Å². The summed E-state index contributed by atoms with van der Waals surface area (Å²) in [5.41, 5.74) is 2.04. The number of nitrogens with zero attached hydrogens (tertiary/aromatic N) is 2. The van der Waals surface area contributed by atoms with Crippen molar-refractivity contribution in [3.63, 3.8) is 0 Å². The molecule has 0 aliphatic heterocycles. The lowest BCUT2D eigenvalue weighted by molar-refractivity contribution is 0.392. The van der Waals surface area contributed by atoms with E-state index < -0.39 is 10.0 Å². The molecule has 0 fully saturated rings. The fourth-order valence-corrected chi connectivity index (χ4v) is 3.64. The zero-order valence-electron chi connectivity index (χ0n) is 13.5. The van der Waals surface area contributed by atoms with E-state index in [1.165, 1.54) is 20.3 Å². The molecule has 0 atom stereocenters. The predicted octanol–water partition coefficient (Wildman–Crippen LogP) is 2.39. The molecule has 0 spiro atoms. The monoisotopic (exact) mass is 347 g/mol. The van der Waals surface area contributed by atoms with Crippen molar-refractivity contribution in [3.05, 3.63) is 42.7 Å². The highest BCUT2D eigenvalue weighted by molar-refractivity contribution is 7.92. The van der Waals surface area contributed by atoms with Crippen molar-refractivity contribution in [3.8, 4) is 11.5 Å². The maximum absolute atomic E-state index is 12.7. The third-order valence-corrected chi connectivity index (χ3v) is 5.04. The molecule has 2 aromatic carbocycles. The van der Waals surface area contributed by atoms with Gasteiger partial charge in [-0.3, -0.25) is 4.72 Å². The van der Waals surface area contributed by atoms with Gasteiger partial charge in [0.2, 0.25) is 0 Å². The van der Waals surface area contributed by atoms with E-state index in [0.717, 1.165) is 5.52 Å². The summed E-state index contributed by atoms with van der Waals surface area (Å²) in [6.07, 6.45) is 1.67. The van der Waals surface area contributed by atoms with Gasteiger partial charge in [0.15, 0.2) is 0 Å². The summed E-state index contributed by atoms with van der Waals surface area (Å²) < 4.78 is 40.1. The molecule has 1 aromatic heterocycles. The molecule has 7 nitrogen and oxygen atoms in total. The second kappa shape index (κ2) is 6.04. The van der Waals surface area contributed by atoms with E-state index in [2.05, 4.69) is 9.71 Å². The van der Waals surface area contributed by atoms with Crippen LogP contribution < -0.4 is 14.2 Å². The van der Waals surface area contributed by atoms with Gasteiger partial charge < -0.3 is 14.0 Å². The van der Waals surface area contributed by atoms with E-state index in [9.17, 15) is 8.42 Å². The highest BCUT2D eigenvalue weighted by Gasteiger charge is 2.21. The van der Waals surface area contributed by atoms with Gasteiger partial charge in [0.05, 0.1) is 37.3 Å². The molecule has 3 rings (SSSR count). The van der Waals surface area contributed by atoms with Crippen molar-refractivity contribution < 1.29 is 17.9 Å². The molecule has 3 aromatic rings. The standard InChI is InChI=1S/C16H17N3O4S/c1-19-10-17-13-8-11(4-6-14(13)19)18-24(20,21)16-9-12(22-2)5-7-15(16)23-3/h4-10,18H,1-3H3. The fourth-order valence-electron chi connectivity index (χ4n) is 2.40.